The second-order valence-corrected chi connectivity index (χ2v) is 13.2. The van der Waals surface area contributed by atoms with Crippen LogP contribution >= 0.6 is 0 Å². The summed E-state index contributed by atoms with van der Waals surface area (Å²) in [5.74, 6) is 1.73. The molecule has 0 radical (unpaired) electrons. The molecule has 0 atom stereocenters. The lowest BCUT2D eigenvalue weighted by atomic mass is 10.0. The molecule has 0 N–H and O–H groups in total. The van der Waals surface area contributed by atoms with E-state index in [1.807, 2.05) is 36.4 Å². The fraction of sp³-hybridized carbons (Fsp3) is 0. The average Bonchev–Trinajstić information content (AvgIpc) is 4.13. The topological polar surface area (TPSA) is 131 Å². The van der Waals surface area contributed by atoms with Gasteiger partial charge in [-0.05, 0) is 69.8 Å². The van der Waals surface area contributed by atoms with Crippen molar-refractivity contribution in [2.75, 3.05) is 0 Å². The highest BCUT2D eigenvalue weighted by molar-refractivity contribution is 5.74. The lowest BCUT2D eigenvalue weighted by Gasteiger charge is -2.11. The van der Waals surface area contributed by atoms with Gasteiger partial charge in [-0.3, -0.25) is 0 Å². The Morgan fingerprint density at radius 3 is 0.825 bits per heavy atom. The quantitative estimate of drug-likeness (QED) is 0.143. The Labute approximate surface area is 326 Å². The number of aromatic nitrogens is 12. The molecule has 0 fully saturated rings. The number of rotatable bonds is 9. The van der Waals surface area contributed by atoms with Crippen molar-refractivity contribution >= 4 is 0 Å². The lowest BCUT2D eigenvalue weighted by molar-refractivity contribution is 0.879. The Morgan fingerprint density at radius 2 is 0.561 bits per heavy atom. The summed E-state index contributed by atoms with van der Waals surface area (Å²) in [5, 5.41) is 12.8. The molecule has 0 aliphatic carbocycles. The van der Waals surface area contributed by atoms with E-state index in [0.29, 0.717) is 17.5 Å². The summed E-state index contributed by atoms with van der Waals surface area (Å²) >= 11 is 0. The molecule has 0 aliphatic heterocycles. The second kappa shape index (κ2) is 14.5. The first-order valence-electron chi connectivity index (χ1n) is 18.1. The summed E-state index contributed by atoms with van der Waals surface area (Å²) in [4.78, 5) is 27.3. The molecule has 10 rings (SSSR count). The van der Waals surface area contributed by atoms with Crippen LogP contribution < -0.4 is 0 Å². The van der Waals surface area contributed by atoms with Crippen LogP contribution in [0.3, 0.4) is 0 Å². The van der Waals surface area contributed by atoms with Crippen molar-refractivity contribution < 1.29 is 0 Å². The Kier molecular flexibility index (Phi) is 8.50. The van der Waals surface area contributed by atoms with Crippen LogP contribution in [0.2, 0.25) is 0 Å². The molecule has 4 heterocycles. The lowest BCUT2D eigenvalue weighted by Crippen LogP contribution is -2.00. The van der Waals surface area contributed by atoms with Crippen molar-refractivity contribution in [1.82, 2.24) is 59.2 Å². The van der Waals surface area contributed by atoms with Crippen molar-refractivity contribution in [2.45, 2.75) is 0 Å². The number of nitrogens with zero attached hydrogens (tertiary/aromatic N) is 12. The van der Waals surface area contributed by atoms with E-state index in [1.165, 1.54) is 19.0 Å². The largest absolute Gasteiger partial charge is 0.223 e. The Morgan fingerprint density at radius 1 is 0.281 bits per heavy atom. The van der Waals surface area contributed by atoms with Crippen LogP contribution in [0.15, 0.2) is 184 Å². The molecule has 12 nitrogen and oxygen atoms in total. The van der Waals surface area contributed by atoms with Gasteiger partial charge >= 0.3 is 0 Å². The van der Waals surface area contributed by atoms with Crippen molar-refractivity contribution in [3.8, 4) is 84.6 Å². The van der Waals surface area contributed by atoms with Crippen LogP contribution in [0, 0.1) is 0 Å². The summed E-state index contributed by atoms with van der Waals surface area (Å²) in [6, 6.07) is 49.4. The third-order valence-corrected chi connectivity index (χ3v) is 9.65. The highest BCUT2D eigenvalue weighted by Gasteiger charge is 2.14. The second-order valence-electron chi connectivity index (χ2n) is 13.2. The molecule has 0 bridgehead atoms. The molecule has 0 saturated heterocycles. The molecule has 57 heavy (non-hydrogen) atoms. The smallest absolute Gasteiger partial charge is 0.164 e. The van der Waals surface area contributed by atoms with Crippen LogP contribution in [0.1, 0.15) is 0 Å². The van der Waals surface area contributed by atoms with Gasteiger partial charge in [0, 0.05) is 16.7 Å². The number of benzene rings is 6. The van der Waals surface area contributed by atoms with Crippen molar-refractivity contribution in [3.63, 3.8) is 0 Å². The molecule has 0 saturated carbocycles. The number of hydrogen-bond acceptors (Lipinski definition) is 9. The van der Waals surface area contributed by atoms with Gasteiger partial charge in [0.25, 0.3) is 0 Å². The predicted molar refractivity (Wildman–Crippen MR) is 217 cm³/mol. The summed E-state index contributed by atoms with van der Waals surface area (Å²) in [5.41, 5.74) is 11.8. The summed E-state index contributed by atoms with van der Waals surface area (Å²) in [6.07, 6.45) is 9.66. The van der Waals surface area contributed by atoms with Gasteiger partial charge in [-0.25, -0.2) is 43.9 Å². The summed E-state index contributed by atoms with van der Waals surface area (Å²) in [7, 11) is 0. The highest BCUT2D eigenvalue weighted by Crippen LogP contribution is 2.31. The third kappa shape index (κ3) is 6.85. The van der Waals surface area contributed by atoms with Crippen LogP contribution in [-0.2, 0) is 0 Å². The minimum atomic E-state index is 0.576. The molecular formula is C45H30N12. The molecule has 0 spiro atoms. The number of hydrogen-bond donors (Lipinski definition) is 0. The van der Waals surface area contributed by atoms with Crippen LogP contribution in [0.25, 0.3) is 84.6 Å². The van der Waals surface area contributed by atoms with Gasteiger partial charge in [0.05, 0.1) is 17.1 Å². The highest BCUT2D eigenvalue weighted by atomic mass is 15.3. The molecular weight excluding hydrogens is 709 g/mol. The first-order chi connectivity index (χ1) is 28.2. The van der Waals surface area contributed by atoms with Crippen LogP contribution in [0.5, 0.6) is 0 Å². The van der Waals surface area contributed by atoms with E-state index in [1.54, 1.807) is 33.0 Å². The van der Waals surface area contributed by atoms with Crippen molar-refractivity contribution in [1.29, 1.82) is 0 Å². The summed E-state index contributed by atoms with van der Waals surface area (Å²) in [6.45, 7) is 0. The van der Waals surface area contributed by atoms with E-state index in [9.17, 15) is 0 Å². The zero-order valence-electron chi connectivity index (χ0n) is 30.2. The molecule has 4 aromatic heterocycles. The van der Waals surface area contributed by atoms with E-state index in [0.717, 1.165) is 67.1 Å². The average molecular weight is 739 g/mol. The molecule has 12 heteroatoms. The standard InChI is InChI=1S/C45H30N12/c1-4-37(22-40(7-1)55-28-46-25-49-55)31-10-16-34(17-11-31)43-52-44(35-18-12-32(13-19-35)38-5-2-8-41(23-38)56-29-47-26-50-56)54-45(53-43)36-20-14-33(15-21-36)39-6-3-9-42(24-39)57-30-48-27-51-57/h1-30H. The molecule has 6 aromatic carbocycles. The monoisotopic (exact) mass is 738 g/mol. The van der Waals surface area contributed by atoms with Gasteiger partial charge in [-0.1, -0.05) is 109 Å². The van der Waals surface area contributed by atoms with Crippen LogP contribution in [0.4, 0.5) is 0 Å². The van der Waals surface area contributed by atoms with Gasteiger partial charge in [-0.15, -0.1) is 0 Å². The normalized spacial score (nSPS) is 11.2. The first-order valence-corrected chi connectivity index (χ1v) is 18.1. The zero-order valence-corrected chi connectivity index (χ0v) is 30.2. The van der Waals surface area contributed by atoms with Crippen LogP contribution in [-0.4, -0.2) is 59.2 Å². The molecule has 0 unspecified atom stereocenters. The van der Waals surface area contributed by atoms with Gasteiger partial charge in [-0.2, -0.15) is 15.3 Å². The SMILES string of the molecule is c1cc(-c2ccc(-c3nc(-c4ccc(-c5cccc(-n6cncn6)c5)cc4)nc(-c4ccc(-c5cccc(-n6cncn6)c5)cc4)n3)cc2)cc(-n2cncn2)c1. The molecule has 270 valence electrons. The maximum Gasteiger partial charge on any atom is 0.164 e. The van der Waals surface area contributed by atoms with E-state index < -0.39 is 0 Å². The molecule has 10 aromatic rings. The maximum atomic E-state index is 5.03. The molecule has 0 aliphatic rings. The zero-order chi connectivity index (χ0) is 38.0. The van der Waals surface area contributed by atoms with Gasteiger partial charge in [0.2, 0.25) is 0 Å². The van der Waals surface area contributed by atoms with E-state index in [-0.39, 0.29) is 0 Å². The van der Waals surface area contributed by atoms with Gasteiger partial charge in [0.1, 0.15) is 38.0 Å². The van der Waals surface area contributed by atoms with Crippen molar-refractivity contribution in [2.24, 2.45) is 0 Å². The first kappa shape index (κ1) is 33.3. The maximum absolute atomic E-state index is 5.03. The summed E-state index contributed by atoms with van der Waals surface area (Å²) < 4.78 is 5.24. The van der Waals surface area contributed by atoms with E-state index >= 15 is 0 Å². The Bertz CT molecular complexity index is 2590. The van der Waals surface area contributed by atoms with E-state index in [4.69, 9.17) is 15.0 Å². The fourth-order valence-electron chi connectivity index (χ4n) is 6.71. The minimum absolute atomic E-state index is 0.576. The van der Waals surface area contributed by atoms with E-state index in [2.05, 4.69) is 139 Å². The fourth-order valence-corrected chi connectivity index (χ4v) is 6.71. The van der Waals surface area contributed by atoms with Crippen molar-refractivity contribution in [3.05, 3.63) is 184 Å². The molecule has 0 amide bonds. The van der Waals surface area contributed by atoms with Gasteiger partial charge in [0.15, 0.2) is 17.5 Å². The Hall–Kier alpha value is -8.25. The Balaban J connectivity index is 1.00. The predicted octanol–water partition coefficient (Wildman–Crippen LogP) is 8.62. The van der Waals surface area contributed by atoms with Gasteiger partial charge < -0.3 is 0 Å². The minimum Gasteiger partial charge on any atom is -0.223 e. The third-order valence-electron chi connectivity index (χ3n) is 9.65.